The number of hydrogen-bond donors (Lipinski definition) is 3. The number of fused-ring (bicyclic) bond motifs is 1. The molecule has 3 rings (SSSR count). The number of benzene rings is 3. The Bertz CT molecular complexity index is 1090. The molecule has 3 N–H and O–H groups in total. The zero-order chi connectivity index (χ0) is 21.7. The summed E-state index contributed by atoms with van der Waals surface area (Å²) >= 11 is 0. The highest BCUT2D eigenvalue weighted by molar-refractivity contribution is 5.92. The third kappa shape index (κ3) is 4.78. The largest absolute Gasteiger partial charge is 0.507 e. The minimum absolute atomic E-state index is 0.112. The van der Waals surface area contributed by atoms with Crippen LogP contribution in [0.5, 0.6) is 5.75 Å². The van der Waals surface area contributed by atoms with E-state index in [4.69, 9.17) is 9.84 Å². The minimum atomic E-state index is -1.09. The van der Waals surface area contributed by atoms with E-state index in [1.165, 1.54) is 6.08 Å². The van der Waals surface area contributed by atoms with E-state index in [1.807, 2.05) is 18.2 Å². The number of carbonyl (C=O) groups is 2. The molecule has 0 bridgehead atoms. The van der Waals surface area contributed by atoms with E-state index < -0.39 is 23.6 Å². The van der Waals surface area contributed by atoms with Crippen LogP contribution < -0.4 is 5.32 Å². The molecule has 0 fully saturated rings. The second kappa shape index (κ2) is 8.69. The predicted octanol–water partition coefficient (Wildman–Crippen LogP) is 5.50. The van der Waals surface area contributed by atoms with Gasteiger partial charge in [-0.1, -0.05) is 68.5 Å². The molecule has 0 saturated heterocycles. The minimum Gasteiger partial charge on any atom is -0.507 e. The maximum atomic E-state index is 12.7. The number of para-hydroxylation sites is 1. The molecule has 0 radical (unpaired) electrons. The van der Waals surface area contributed by atoms with Crippen LogP contribution in [0.2, 0.25) is 0 Å². The summed E-state index contributed by atoms with van der Waals surface area (Å²) in [5.41, 5.74) is 0.383. The molecule has 1 amide bonds. The van der Waals surface area contributed by atoms with Crippen molar-refractivity contribution in [3.05, 3.63) is 84.4 Å². The summed E-state index contributed by atoms with van der Waals surface area (Å²) in [5, 5.41) is 23.3. The second-order valence-corrected chi connectivity index (χ2v) is 7.49. The average molecular weight is 405 g/mol. The summed E-state index contributed by atoms with van der Waals surface area (Å²) in [6.45, 7) is 3.57. The molecule has 3 aromatic rings. The summed E-state index contributed by atoms with van der Waals surface area (Å²) < 4.78 is 5.81. The highest BCUT2D eigenvalue weighted by Crippen LogP contribution is 2.42. The fraction of sp³-hybridized carbons (Fsp3) is 0.167. The predicted molar refractivity (Wildman–Crippen MR) is 115 cm³/mol. The van der Waals surface area contributed by atoms with Crippen molar-refractivity contribution in [2.75, 3.05) is 5.32 Å². The van der Waals surface area contributed by atoms with Gasteiger partial charge in [0.15, 0.2) is 0 Å². The number of carbonyl (C=O) groups excluding carboxylic acids is 1. The summed E-state index contributed by atoms with van der Waals surface area (Å²) in [4.78, 5) is 23.7. The summed E-state index contributed by atoms with van der Waals surface area (Å²) in [6, 6.07) is 19.4. The number of amides is 1. The van der Waals surface area contributed by atoms with Crippen molar-refractivity contribution >= 4 is 28.5 Å². The lowest BCUT2D eigenvalue weighted by Crippen LogP contribution is -2.28. The van der Waals surface area contributed by atoms with Gasteiger partial charge < -0.3 is 14.9 Å². The van der Waals surface area contributed by atoms with Crippen LogP contribution in [0.4, 0.5) is 10.5 Å². The van der Waals surface area contributed by atoms with Crippen molar-refractivity contribution in [3.8, 4) is 5.75 Å². The van der Waals surface area contributed by atoms with E-state index in [0.717, 1.165) is 6.08 Å². The zero-order valence-electron chi connectivity index (χ0n) is 16.7. The molecule has 0 saturated carbocycles. The molecular weight excluding hydrogens is 382 g/mol. The number of rotatable bonds is 6. The third-order valence-electron chi connectivity index (χ3n) is 4.79. The number of anilines is 1. The van der Waals surface area contributed by atoms with Gasteiger partial charge in [0.1, 0.15) is 11.9 Å². The SMILES string of the molecule is CC(C)(/C=C/C(=O)O)[C@@H](OC(=O)Nc1ccccc1)c1ccc(O)c2ccccc12. The van der Waals surface area contributed by atoms with Gasteiger partial charge in [-0.05, 0) is 23.6 Å². The Hall–Kier alpha value is -3.80. The van der Waals surface area contributed by atoms with Gasteiger partial charge in [0.2, 0.25) is 0 Å². The standard InChI is InChI=1S/C24H23NO5/c1-24(2,15-14-21(27)28)22(30-23(29)25-16-8-4-3-5-9-16)19-12-13-20(26)18-11-7-6-10-17(18)19/h3-15,22,26H,1-2H3,(H,25,29)(H,27,28)/b15-14+/t22-/m0/s1. The van der Waals surface area contributed by atoms with Crippen LogP contribution in [0.25, 0.3) is 10.8 Å². The Balaban J connectivity index is 2.03. The Morgan fingerprint density at radius 2 is 1.60 bits per heavy atom. The number of aromatic hydroxyl groups is 1. The van der Waals surface area contributed by atoms with Crippen molar-refractivity contribution in [1.82, 2.24) is 0 Å². The molecule has 30 heavy (non-hydrogen) atoms. The lowest BCUT2D eigenvalue weighted by atomic mass is 9.80. The number of phenolic OH excluding ortho intramolecular Hbond substituents is 1. The van der Waals surface area contributed by atoms with E-state index in [0.29, 0.717) is 22.0 Å². The molecular formula is C24H23NO5. The van der Waals surface area contributed by atoms with Gasteiger partial charge in [-0.2, -0.15) is 0 Å². The number of carboxylic acid groups (broad SMARTS) is 1. The Morgan fingerprint density at radius 1 is 0.967 bits per heavy atom. The molecule has 154 valence electrons. The van der Waals surface area contributed by atoms with Crippen LogP contribution >= 0.6 is 0 Å². The van der Waals surface area contributed by atoms with Crippen molar-refractivity contribution in [3.63, 3.8) is 0 Å². The molecule has 0 spiro atoms. The lowest BCUT2D eigenvalue weighted by Gasteiger charge is -2.32. The van der Waals surface area contributed by atoms with E-state index in [9.17, 15) is 14.7 Å². The van der Waals surface area contributed by atoms with Gasteiger partial charge in [-0.15, -0.1) is 0 Å². The summed E-state index contributed by atoms with van der Waals surface area (Å²) in [7, 11) is 0. The normalized spacial score (nSPS) is 12.6. The fourth-order valence-electron chi connectivity index (χ4n) is 3.30. The zero-order valence-corrected chi connectivity index (χ0v) is 16.7. The van der Waals surface area contributed by atoms with E-state index in [1.54, 1.807) is 62.4 Å². The first-order valence-corrected chi connectivity index (χ1v) is 9.43. The maximum Gasteiger partial charge on any atom is 0.412 e. The van der Waals surface area contributed by atoms with Gasteiger partial charge in [0.25, 0.3) is 0 Å². The molecule has 0 aliphatic rings. The quantitative estimate of drug-likeness (QED) is 0.471. The van der Waals surface area contributed by atoms with E-state index in [2.05, 4.69) is 5.32 Å². The number of carboxylic acids is 1. The maximum absolute atomic E-state index is 12.7. The number of ether oxygens (including phenoxy) is 1. The molecule has 0 unspecified atom stereocenters. The summed E-state index contributed by atoms with van der Waals surface area (Å²) in [5.74, 6) is -0.980. The first kappa shape index (κ1) is 20.9. The first-order chi connectivity index (χ1) is 14.3. The number of hydrogen-bond acceptors (Lipinski definition) is 4. The Kier molecular flexibility index (Phi) is 6.06. The molecule has 3 aromatic carbocycles. The molecule has 6 heteroatoms. The van der Waals surface area contributed by atoms with Crippen LogP contribution in [-0.2, 0) is 9.53 Å². The molecule has 0 aliphatic heterocycles. The highest BCUT2D eigenvalue weighted by Gasteiger charge is 2.34. The molecule has 0 aromatic heterocycles. The number of phenols is 1. The highest BCUT2D eigenvalue weighted by atomic mass is 16.6. The van der Waals surface area contributed by atoms with Crippen LogP contribution in [0, 0.1) is 5.41 Å². The average Bonchev–Trinajstić information content (AvgIpc) is 2.72. The van der Waals surface area contributed by atoms with Crippen molar-refractivity contribution in [1.29, 1.82) is 0 Å². The van der Waals surface area contributed by atoms with Gasteiger partial charge in [-0.3, -0.25) is 5.32 Å². The van der Waals surface area contributed by atoms with E-state index >= 15 is 0 Å². The van der Waals surface area contributed by atoms with Crippen LogP contribution in [0.3, 0.4) is 0 Å². The van der Waals surface area contributed by atoms with Crippen molar-refractivity contribution in [2.45, 2.75) is 20.0 Å². The lowest BCUT2D eigenvalue weighted by molar-refractivity contribution is -0.131. The molecule has 6 nitrogen and oxygen atoms in total. The molecule has 1 atom stereocenters. The van der Waals surface area contributed by atoms with Crippen LogP contribution in [-0.4, -0.2) is 22.3 Å². The van der Waals surface area contributed by atoms with Gasteiger partial charge in [0, 0.05) is 28.1 Å². The summed E-state index contributed by atoms with van der Waals surface area (Å²) in [6.07, 6.45) is 1.05. The van der Waals surface area contributed by atoms with E-state index in [-0.39, 0.29) is 5.75 Å². The Labute approximate surface area is 174 Å². The third-order valence-corrected chi connectivity index (χ3v) is 4.79. The van der Waals surface area contributed by atoms with Gasteiger partial charge >= 0.3 is 12.1 Å². The number of nitrogens with one attached hydrogen (secondary N) is 1. The molecule has 0 heterocycles. The van der Waals surface area contributed by atoms with Gasteiger partial charge in [0.05, 0.1) is 0 Å². The van der Waals surface area contributed by atoms with Crippen LogP contribution in [0.15, 0.2) is 78.9 Å². The molecule has 0 aliphatic carbocycles. The smallest absolute Gasteiger partial charge is 0.412 e. The fourth-order valence-corrected chi connectivity index (χ4v) is 3.30. The van der Waals surface area contributed by atoms with Crippen LogP contribution in [0.1, 0.15) is 25.5 Å². The van der Waals surface area contributed by atoms with Crippen molar-refractivity contribution in [2.24, 2.45) is 5.41 Å². The topological polar surface area (TPSA) is 95.9 Å². The van der Waals surface area contributed by atoms with Crippen molar-refractivity contribution < 1.29 is 24.5 Å². The first-order valence-electron chi connectivity index (χ1n) is 9.43. The number of aliphatic carboxylic acids is 1. The second-order valence-electron chi connectivity index (χ2n) is 7.49. The monoisotopic (exact) mass is 405 g/mol. The van der Waals surface area contributed by atoms with Gasteiger partial charge in [-0.25, -0.2) is 9.59 Å². The Morgan fingerprint density at radius 3 is 2.27 bits per heavy atom.